The molecule has 0 radical (unpaired) electrons. The Hall–Kier alpha value is -3.23. The second-order valence-corrected chi connectivity index (χ2v) is 7.47. The fourth-order valence-corrected chi connectivity index (χ4v) is 3.89. The van der Waals surface area contributed by atoms with Gasteiger partial charge in [-0.15, -0.1) is 11.3 Å². The third kappa shape index (κ3) is 4.19. The van der Waals surface area contributed by atoms with Crippen LogP contribution in [-0.2, 0) is 11.3 Å². The van der Waals surface area contributed by atoms with E-state index in [4.69, 9.17) is 14.1 Å². The zero-order valence-electron chi connectivity index (χ0n) is 16.7. The number of esters is 1. The lowest BCUT2D eigenvalue weighted by Gasteiger charge is -2.13. The molecule has 7 nitrogen and oxygen atoms in total. The summed E-state index contributed by atoms with van der Waals surface area (Å²) in [4.78, 5) is 17.2. The van der Waals surface area contributed by atoms with Crippen LogP contribution in [0.4, 0.5) is 0 Å². The molecule has 0 amide bonds. The Bertz CT molecular complexity index is 1100. The standard InChI is InChI=1S/C22H22N4O3S/c1-3-28-21(27)17-12-24-26(19(17)13-23-15(2)20-10-7-11-29-20)22-25-18(14-30-22)16-8-5-4-6-9-16/h4-12,14-15,23H,3,13H2,1-2H3/t15-/m1/s1. The lowest BCUT2D eigenvalue weighted by molar-refractivity contribution is 0.0524. The van der Waals surface area contributed by atoms with Crippen LogP contribution in [0.5, 0.6) is 0 Å². The molecule has 8 heteroatoms. The van der Waals surface area contributed by atoms with Gasteiger partial charge in [0, 0.05) is 17.5 Å². The van der Waals surface area contributed by atoms with Crippen LogP contribution in [0.15, 0.2) is 64.7 Å². The van der Waals surface area contributed by atoms with Gasteiger partial charge in [0.1, 0.15) is 11.3 Å². The maximum absolute atomic E-state index is 12.5. The van der Waals surface area contributed by atoms with Crippen molar-refractivity contribution in [2.24, 2.45) is 0 Å². The van der Waals surface area contributed by atoms with E-state index < -0.39 is 5.97 Å². The van der Waals surface area contributed by atoms with E-state index in [1.54, 1.807) is 17.9 Å². The lowest BCUT2D eigenvalue weighted by Crippen LogP contribution is -2.21. The molecule has 0 aliphatic heterocycles. The van der Waals surface area contributed by atoms with Crippen molar-refractivity contribution in [3.05, 3.63) is 77.3 Å². The first-order chi connectivity index (χ1) is 14.7. The van der Waals surface area contributed by atoms with E-state index in [-0.39, 0.29) is 6.04 Å². The normalized spacial score (nSPS) is 12.1. The van der Waals surface area contributed by atoms with E-state index in [0.717, 1.165) is 17.0 Å². The smallest absolute Gasteiger partial charge is 0.341 e. The van der Waals surface area contributed by atoms with Crippen LogP contribution in [0, 0.1) is 0 Å². The molecular weight excluding hydrogens is 400 g/mol. The molecule has 4 aromatic rings. The van der Waals surface area contributed by atoms with Crippen LogP contribution < -0.4 is 5.32 Å². The van der Waals surface area contributed by atoms with Gasteiger partial charge in [0.05, 0.1) is 36.5 Å². The van der Waals surface area contributed by atoms with Crippen LogP contribution in [0.3, 0.4) is 0 Å². The average Bonchev–Trinajstić information content (AvgIpc) is 3.53. The van der Waals surface area contributed by atoms with Crippen molar-refractivity contribution in [2.75, 3.05) is 6.61 Å². The Morgan fingerprint density at radius 2 is 2.10 bits per heavy atom. The lowest BCUT2D eigenvalue weighted by atomic mass is 10.2. The maximum atomic E-state index is 12.5. The number of aromatic nitrogens is 3. The van der Waals surface area contributed by atoms with Gasteiger partial charge in [0.25, 0.3) is 0 Å². The van der Waals surface area contributed by atoms with Crippen molar-refractivity contribution >= 4 is 17.3 Å². The topological polar surface area (TPSA) is 82.2 Å². The molecule has 4 rings (SSSR count). The monoisotopic (exact) mass is 422 g/mol. The van der Waals surface area contributed by atoms with Gasteiger partial charge < -0.3 is 14.5 Å². The van der Waals surface area contributed by atoms with E-state index in [1.165, 1.54) is 17.5 Å². The first-order valence-corrected chi connectivity index (χ1v) is 10.6. The summed E-state index contributed by atoms with van der Waals surface area (Å²) in [6, 6.07) is 13.7. The number of furan rings is 1. The Kier molecular flexibility index (Phi) is 6.06. The highest BCUT2D eigenvalue weighted by molar-refractivity contribution is 7.12. The largest absolute Gasteiger partial charge is 0.468 e. The van der Waals surface area contributed by atoms with Crippen LogP contribution in [-0.4, -0.2) is 27.3 Å². The molecule has 0 bridgehead atoms. The van der Waals surface area contributed by atoms with Crippen LogP contribution in [0.25, 0.3) is 16.4 Å². The highest BCUT2D eigenvalue weighted by atomic mass is 32.1. The molecule has 1 aromatic carbocycles. The van der Waals surface area contributed by atoms with Gasteiger partial charge >= 0.3 is 5.97 Å². The molecule has 0 saturated carbocycles. The molecule has 1 atom stereocenters. The molecule has 0 fully saturated rings. The highest BCUT2D eigenvalue weighted by Gasteiger charge is 2.22. The van der Waals surface area contributed by atoms with Crippen molar-refractivity contribution in [1.82, 2.24) is 20.1 Å². The molecule has 0 spiro atoms. The summed E-state index contributed by atoms with van der Waals surface area (Å²) in [6.07, 6.45) is 3.18. The maximum Gasteiger partial charge on any atom is 0.341 e. The van der Waals surface area contributed by atoms with Crippen molar-refractivity contribution in [2.45, 2.75) is 26.4 Å². The second-order valence-electron chi connectivity index (χ2n) is 6.64. The number of nitrogens with one attached hydrogen (secondary N) is 1. The summed E-state index contributed by atoms with van der Waals surface area (Å²) in [5, 5.41) is 10.5. The summed E-state index contributed by atoms with van der Waals surface area (Å²) >= 11 is 1.47. The number of benzene rings is 1. The Labute approximate surface area is 178 Å². The van der Waals surface area contributed by atoms with E-state index in [0.29, 0.717) is 29.5 Å². The van der Waals surface area contributed by atoms with Gasteiger partial charge in [-0.05, 0) is 26.0 Å². The number of rotatable bonds is 8. The fraction of sp³-hybridized carbons (Fsp3) is 0.227. The minimum absolute atomic E-state index is 0.0328. The third-order valence-electron chi connectivity index (χ3n) is 4.65. The summed E-state index contributed by atoms with van der Waals surface area (Å²) in [7, 11) is 0. The predicted molar refractivity (Wildman–Crippen MR) is 115 cm³/mol. The van der Waals surface area contributed by atoms with Gasteiger partial charge in [-0.2, -0.15) is 5.10 Å². The summed E-state index contributed by atoms with van der Waals surface area (Å²) < 4.78 is 12.4. The van der Waals surface area contributed by atoms with E-state index >= 15 is 0 Å². The van der Waals surface area contributed by atoms with Crippen molar-refractivity contribution in [1.29, 1.82) is 0 Å². The van der Waals surface area contributed by atoms with Crippen LogP contribution in [0.1, 0.15) is 41.7 Å². The SMILES string of the molecule is CCOC(=O)c1cnn(-c2nc(-c3ccccc3)cs2)c1CN[C@H](C)c1ccco1. The number of carbonyl (C=O) groups is 1. The van der Waals surface area contributed by atoms with Crippen molar-refractivity contribution in [3.8, 4) is 16.4 Å². The van der Waals surface area contributed by atoms with Crippen molar-refractivity contribution < 1.29 is 13.9 Å². The average molecular weight is 423 g/mol. The Morgan fingerprint density at radius 1 is 1.27 bits per heavy atom. The van der Waals surface area contributed by atoms with Gasteiger partial charge in [-0.1, -0.05) is 30.3 Å². The molecule has 0 aliphatic carbocycles. The molecule has 3 aromatic heterocycles. The highest BCUT2D eigenvalue weighted by Crippen LogP contribution is 2.26. The summed E-state index contributed by atoms with van der Waals surface area (Å²) in [5.74, 6) is 0.422. The molecule has 0 aliphatic rings. The molecule has 154 valence electrons. The summed E-state index contributed by atoms with van der Waals surface area (Å²) in [5.41, 5.74) is 3.02. The molecule has 0 unspecified atom stereocenters. The number of carbonyl (C=O) groups excluding carboxylic acids is 1. The Morgan fingerprint density at radius 3 is 2.83 bits per heavy atom. The van der Waals surface area contributed by atoms with Gasteiger partial charge in [-0.25, -0.2) is 14.5 Å². The number of hydrogen-bond donors (Lipinski definition) is 1. The molecular formula is C22H22N4O3S. The van der Waals surface area contributed by atoms with Crippen LogP contribution in [0.2, 0.25) is 0 Å². The van der Waals surface area contributed by atoms with Crippen molar-refractivity contribution in [3.63, 3.8) is 0 Å². The van der Waals surface area contributed by atoms with Gasteiger partial charge in [0.2, 0.25) is 5.13 Å². The molecule has 30 heavy (non-hydrogen) atoms. The van der Waals surface area contributed by atoms with E-state index in [1.807, 2.05) is 54.8 Å². The zero-order valence-corrected chi connectivity index (χ0v) is 17.6. The minimum atomic E-state index is -0.397. The second kappa shape index (κ2) is 9.06. The number of nitrogens with zero attached hydrogens (tertiary/aromatic N) is 3. The third-order valence-corrected chi connectivity index (χ3v) is 5.47. The molecule has 1 N–H and O–H groups in total. The fourth-order valence-electron chi connectivity index (χ4n) is 3.08. The van der Waals surface area contributed by atoms with Gasteiger partial charge in [0.15, 0.2) is 0 Å². The zero-order chi connectivity index (χ0) is 20.9. The Balaban J connectivity index is 1.64. The molecule has 3 heterocycles. The van der Waals surface area contributed by atoms with E-state index in [9.17, 15) is 4.79 Å². The quantitative estimate of drug-likeness (QED) is 0.417. The van der Waals surface area contributed by atoms with Crippen LogP contribution >= 0.6 is 11.3 Å². The number of thiazole rings is 1. The summed E-state index contributed by atoms with van der Waals surface area (Å²) in [6.45, 7) is 4.48. The van der Waals surface area contributed by atoms with E-state index in [2.05, 4.69) is 10.4 Å². The number of hydrogen-bond acceptors (Lipinski definition) is 7. The first-order valence-electron chi connectivity index (χ1n) is 9.69. The van der Waals surface area contributed by atoms with Gasteiger partial charge in [-0.3, -0.25) is 0 Å². The number of ether oxygens (including phenoxy) is 1. The first kappa shape index (κ1) is 20.1. The minimum Gasteiger partial charge on any atom is -0.468 e. The predicted octanol–water partition coefficient (Wildman–Crippen LogP) is 4.62. The molecule has 0 saturated heterocycles.